The minimum absolute atomic E-state index is 0.0530. The number of aromatic nitrogens is 3. The molecule has 1 fully saturated rings. The molecule has 0 spiro atoms. The predicted molar refractivity (Wildman–Crippen MR) is 112 cm³/mol. The van der Waals surface area contributed by atoms with Crippen LogP contribution < -0.4 is 4.74 Å². The minimum Gasteiger partial charge on any atom is -0.497 e. The van der Waals surface area contributed by atoms with E-state index < -0.39 is 9.84 Å². The monoisotopic (exact) mass is 417 g/mol. The summed E-state index contributed by atoms with van der Waals surface area (Å²) in [6.45, 7) is 2.14. The van der Waals surface area contributed by atoms with Crippen LogP contribution in [-0.2, 0) is 16.9 Å². The van der Waals surface area contributed by atoms with Gasteiger partial charge in [-0.1, -0.05) is 36.0 Å². The number of hydrogen-bond acceptors (Lipinski definition) is 6. The Balaban J connectivity index is 1.54. The van der Waals surface area contributed by atoms with Crippen molar-refractivity contribution in [2.75, 3.05) is 18.6 Å². The molecule has 1 aromatic heterocycles. The number of fused-ring (bicyclic) bond motifs is 1. The first kappa shape index (κ1) is 19.3. The number of methoxy groups -OCH3 is 1. The molecule has 1 aliphatic heterocycles. The molecule has 2 heterocycles. The molecule has 0 radical (unpaired) electrons. The van der Waals surface area contributed by atoms with Gasteiger partial charge >= 0.3 is 0 Å². The molecule has 0 aliphatic carbocycles. The van der Waals surface area contributed by atoms with Gasteiger partial charge in [0.1, 0.15) is 11.6 Å². The van der Waals surface area contributed by atoms with Crippen LogP contribution >= 0.6 is 11.8 Å². The van der Waals surface area contributed by atoms with Crippen LogP contribution in [0.3, 0.4) is 0 Å². The van der Waals surface area contributed by atoms with Gasteiger partial charge in [0, 0.05) is 18.2 Å². The average molecular weight is 418 g/mol. The van der Waals surface area contributed by atoms with Crippen molar-refractivity contribution in [3.8, 4) is 5.75 Å². The van der Waals surface area contributed by atoms with E-state index in [4.69, 9.17) is 4.74 Å². The van der Waals surface area contributed by atoms with Crippen molar-refractivity contribution >= 4 is 32.4 Å². The molecule has 0 amide bonds. The van der Waals surface area contributed by atoms with E-state index in [0.717, 1.165) is 22.1 Å². The quantitative estimate of drug-likeness (QED) is 0.589. The van der Waals surface area contributed by atoms with E-state index in [1.165, 1.54) is 10.9 Å². The third-order valence-corrected chi connectivity index (χ3v) is 8.25. The summed E-state index contributed by atoms with van der Waals surface area (Å²) < 4.78 is 30.8. The van der Waals surface area contributed by atoms with Crippen molar-refractivity contribution in [2.45, 2.75) is 29.7 Å². The van der Waals surface area contributed by atoms with E-state index >= 15 is 0 Å². The largest absolute Gasteiger partial charge is 0.497 e. The van der Waals surface area contributed by atoms with Crippen LogP contribution in [0.1, 0.15) is 35.9 Å². The van der Waals surface area contributed by atoms with Crippen molar-refractivity contribution in [3.63, 3.8) is 0 Å². The number of hydrogen-bond donors (Lipinski definition) is 0. The fourth-order valence-electron chi connectivity index (χ4n) is 3.63. The summed E-state index contributed by atoms with van der Waals surface area (Å²) in [7, 11) is 0.650. The maximum absolute atomic E-state index is 11.8. The Labute approximate surface area is 169 Å². The molecule has 28 heavy (non-hydrogen) atoms. The molecule has 0 bridgehead atoms. The van der Waals surface area contributed by atoms with E-state index in [2.05, 4.69) is 41.4 Å². The van der Waals surface area contributed by atoms with Gasteiger partial charge in [0.2, 0.25) is 0 Å². The summed E-state index contributed by atoms with van der Waals surface area (Å²) in [5, 5.41) is 11.9. The van der Waals surface area contributed by atoms with Crippen LogP contribution in [0.2, 0.25) is 0 Å². The van der Waals surface area contributed by atoms with Gasteiger partial charge in [-0.15, -0.1) is 10.2 Å². The molecular weight excluding hydrogens is 394 g/mol. The van der Waals surface area contributed by atoms with Gasteiger partial charge in [0.15, 0.2) is 15.0 Å². The molecule has 1 saturated heterocycles. The van der Waals surface area contributed by atoms with E-state index in [1.807, 2.05) is 23.7 Å². The van der Waals surface area contributed by atoms with Gasteiger partial charge in [0.25, 0.3) is 0 Å². The predicted octanol–water partition coefficient (Wildman–Crippen LogP) is 3.73. The van der Waals surface area contributed by atoms with Crippen molar-refractivity contribution < 1.29 is 13.2 Å². The summed E-state index contributed by atoms with van der Waals surface area (Å²) in [5.74, 6) is 1.98. The molecule has 4 rings (SSSR count). The molecule has 2 atom stereocenters. The van der Waals surface area contributed by atoms with Crippen molar-refractivity contribution in [1.82, 2.24) is 14.8 Å². The first-order valence-electron chi connectivity index (χ1n) is 9.20. The second kappa shape index (κ2) is 7.40. The second-order valence-electron chi connectivity index (χ2n) is 7.23. The van der Waals surface area contributed by atoms with Crippen LogP contribution in [0.25, 0.3) is 10.8 Å². The average Bonchev–Trinajstić information content (AvgIpc) is 3.22. The lowest BCUT2D eigenvalue weighted by Gasteiger charge is -2.13. The Morgan fingerprint density at radius 1 is 1.18 bits per heavy atom. The summed E-state index contributed by atoms with van der Waals surface area (Å²) in [6.07, 6.45) is 0.628. The van der Waals surface area contributed by atoms with Crippen molar-refractivity contribution in [3.05, 3.63) is 47.8 Å². The van der Waals surface area contributed by atoms with Gasteiger partial charge < -0.3 is 9.30 Å². The molecule has 3 aromatic rings. The molecule has 2 aromatic carbocycles. The fraction of sp³-hybridized carbons (Fsp3) is 0.400. The highest BCUT2D eigenvalue weighted by molar-refractivity contribution is 7.99. The summed E-state index contributed by atoms with van der Waals surface area (Å²) in [5.41, 5.74) is 1.20. The number of thioether (sulfide) groups is 1. The van der Waals surface area contributed by atoms with Gasteiger partial charge in [-0.2, -0.15) is 0 Å². The zero-order valence-electron chi connectivity index (χ0n) is 16.1. The van der Waals surface area contributed by atoms with Crippen LogP contribution in [0.4, 0.5) is 0 Å². The third-order valence-electron chi connectivity index (χ3n) is 5.29. The maximum Gasteiger partial charge on any atom is 0.191 e. The molecule has 148 valence electrons. The topological polar surface area (TPSA) is 74.1 Å². The highest BCUT2D eigenvalue weighted by Crippen LogP contribution is 2.37. The fourth-order valence-corrected chi connectivity index (χ4v) is 6.31. The van der Waals surface area contributed by atoms with Crippen LogP contribution in [0, 0.1) is 0 Å². The Hall–Kier alpha value is -2.06. The molecule has 0 N–H and O–H groups in total. The molecule has 6 nitrogen and oxygen atoms in total. The van der Waals surface area contributed by atoms with Crippen molar-refractivity contribution in [2.24, 2.45) is 7.05 Å². The van der Waals surface area contributed by atoms with Crippen molar-refractivity contribution in [1.29, 1.82) is 0 Å². The molecule has 0 unspecified atom stereocenters. The van der Waals surface area contributed by atoms with Crippen LogP contribution in [0.15, 0.2) is 41.6 Å². The standard InChI is InChI=1S/C20H23N3O3S2/c1-13(14-4-5-16-11-18(26-3)7-6-15(16)10-14)27-20-22-21-19(23(20)2)17-8-9-28(24,25)12-17/h4-7,10-11,13,17H,8-9,12H2,1-3H3/t13-,17-/m0/s1. The molecular formula is C20H23N3O3S2. The highest BCUT2D eigenvalue weighted by Gasteiger charge is 2.32. The Bertz CT molecular complexity index is 1120. The number of benzene rings is 2. The Kier molecular flexibility index (Phi) is 5.09. The SMILES string of the molecule is COc1ccc2cc([C@H](C)Sc3nnc([C@H]4CCS(=O)(=O)C4)n3C)ccc2c1. The van der Waals surface area contributed by atoms with Gasteiger partial charge in [-0.3, -0.25) is 0 Å². The zero-order valence-corrected chi connectivity index (χ0v) is 17.8. The lowest BCUT2D eigenvalue weighted by atomic mass is 10.1. The van der Waals surface area contributed by atoms with Gasteiger partial charge in [-0.05, 0) is 41.8 Å². The lowest BCUT2D eigenvalue weighted by Crippen LogP contribution is -2.09. The first-order chi connectivity index (χ1) is 13.4. The number of sulfone groups is 1. The number of rotatable bonds is 5. The Morgan fingerprint density at radius 2 is 1.93 bits per heavy atom. The summed E-state index contributed by atoms with van der Waals surface area (Å²) in [4.78, 5) is 0. The van der Waals surface area contributed by atoms with E-state index in [9.17, 15) is 8.42 Å². The lowest BCUT2D eigenvalue weighted by molar-refractivity contribution is 0.415. The van der Waals surface area contributed by atoms with Gasteiger partial charge in [-0.25, -0.2) is 8.42 Å². The number of ether oxygens (including phenoxy) is 1. The number of nitrogens with zero attached hydrogens (tertiary/aromatic N) is 3. The van der Waals surface area contributed by atoms with E-state index in [-0.39, 0.29) is 22.7 Å². The Morgan fingerprint density at radius 3 is 2.64 bits per heavy atom. The van der Waals surface area contributed by atoms with E-state index in [0.29, 0.717) is 6.42 Å². The molecule has 0 saturated carbocycles. The minimum atomic E-state index is -2.94. The zero-order chi connectivity index (χ0) is 19.9. The molecule has 8 heteroatoms. The van der Waals surface area contributed by atoms with E-state index in [1.54, 1.807) is 18.9 Å². The highest BCUT2D eigenvalue weighted by atomic mass is 32.2. The molecule has 1 aliphatic rings. The van der Waals surface area contributed by atoms with Gasteiger partial charge in [0.05, 0.1) is 18.6 Å². The first-order valence-corrected chi connectivity index (χ1v) is 11.9. The maximum atomic E-state index is 11.8. The third kappa shape index (κ3) is 3.75. The normalized spacial score (nSPS) is 19.8. The van der Waals surface area contributed by atoms with Crippen LogP contribution in [-0.4, -0.2) is 41.8 Å². The summed E-state index contributed by atoms with van der Waals surface area (Å²) in [6, 6.07) is 12.5. The smallest absolute Gasteiger partial charge is 0.191 e. The van der Waals surface area contributed by atoms with Crippen LogP contribution in [0.5, 0.6) is 5.75 Å². The second-order valence-corrected chi connectivity index (χ2v) is 10.8. The summed E-state index contributed by atoms with van der Waals surface area (Å²) >= 11 is 1.63.